The van der Waals surface area contributed by atoms with Gasteiger partial charge in [-0.25, -0.2) is 14.2 Å². The molecule has 0 aliphatic carbocycles. The topological polar surface area (TPSA) is 92.7 Å². The van der Waals surface area contributed by atoms with E-state index in [0.717, 1.165) is 5.56 Å². The monoisotopic (exact) mass is 327 g/mol. The first-order valence-corrected chi connectivity index (χ1v) is 7.14. The quantitative estimate of drug-likeness (QED) is 0.769. The highest BCUT2D eigenvalue weighted by Crippen LogP contribution is 2.18. The number of halogens is 1. The van der Waals surface area contributed by atoms with Crippen LogP contribution < -0.4 is 10.9 Å². The molecule has 8 heteroatoms. The van der Waals surface area contributed by atoms with Crippen LogP contribution in [0.2, 0.25) is 0 Å². The zero-order valence-electron chi connectivity index (χ0n) is 13.0. The number of hydrogen-bond acceptors (Lipinski definition) is 4. The van der Waals surface area contributed by atoms with Gasteiger partial charge in [-0.15, -0.1) is 0 Å². The largest absolute Gasteiger partial charge is 0.322 e. The Bertz CT molecular complexity index is 956. The molecule has 7 nitrogen and oxygen atoms in total. The lowest BCUT2D eigenvalue weighted by molar-refractivity contribution is 0.102. The third-order valence-corrected chi connectivity index (χ3v) is 3.58. The molecule has 0 aliphatic heterocycles. The van der Waals surface area contributed by atoms with Crippen molar-refractivity contribution in [1.82, 2.24) is 20.0 Å². The van der Waals surface area contributed by atoms with Gasteiger partial charge in [0.15, 0.2) is 5.82 Å². The molecule has 0 saturated carbocycles. The molecule has 0 saturated heterocycles. The van der Waals surface area contributed by atoms with Crippen LogP contribution in [0.4, 0.5) is 10.1 Å². The number of aromatic nitrogens is 4. The van der Waals surface area contributed by atoms with Crippen molar-refractivity contribution in [3.05, 3.63) is 69.5 Å². The number of aryl methyl sites for hydroxylation is 1. The molecule has 2 N–H and O–H groups in total. The van der Waals surface area contributed by atoms with E-state index < -0.39 is 11.7 Å². The first-order valence-electron chi connectivity index (χ1n) is 7.14. The maximum absolute atomic E-state index is 13.3. The molecule has 0 bridgehead atoms. The molecule has 0 radical (unpaired) electrons. The van der Waals surface area contributed by atoms with E-state index in [1.807, 2.05) is 0 Å². The highest BCUT2D eigenvalue weighted by Gasteiger charge is 2.17. The molecule has 0 aliphatic rings. The number of amides is 1. The smallest absolute Gasteiger partial charge is 0.264 e. The number of rotatable bonds is 3. The summed E-state index contributed by atoms with van der Waals surface area (Å²) in [5, 5.41) is 13.0. The molecule has 3 rings (SSSR count). The summed E-state index contributed by atoms with van der Waals surface area (Å²) in [7, 11) is 0. The highest BCUT2D eigenvalue weighted by atomic mass is 19.1. The summed E-state index contributed by atoms with van der Waals surface area (Å²) in [6.07, 6.45) is 1.39. The summed E-state index contributed by atoms with van der Waals surface area (Å²) in [6.45, 7) is 3.47. The van der Waals surface area contributed by atoms with Crippen LogP contribution in [0.3, 0.4) is 0 Å². The highest BCUT2D eigenvalue weighted by molar-refractivity contribution is 6.05. The zero-order valence-corrected chi connectivity index (χ0v) is 13.0. The average molecular weight is 327 g/mol. The summed E-state index contributed by atoms with van der Waals surface area (Å²) in [6, 6.07) is 6.99. The van der Waals surface area contributed by atoms with Crippen molar-refractivity contribution >= 4 is 11.6 Å². The molecule has 122 valence electrons. The molecule has 24 heavy (non-hydrogen) atoms. The molecule has 1 aromatic carbocycles. The minimum absolute atomic E-state index is 0.326. The lowest BCUT2D eigenvalue weighted by atomic mass is 10.1. The van der Waals surface area contributed by atoms with Gasteiger partial charge in [-0.05, 0) is 37.6 Å². The fourth-order valence-corrected chi connectivity index (χ4v) is 2.24. The molecule has 2 heterocycles. The summed E-state index contributed by atoms with van der Waals surface area (Å²) >= 11 is 0. The molecule has 0 atom stereocenters. The van der Waals surface area contributed by atoms with Crippen molar-refractivity contribution < 1.29 is 9.18 Å². The van der Waals surface area contributed by atoms with Gasteiger partial charge in [0.2, 0.25) is 0 Å². The van der Waals surface area contributed by atoms with E-state index >= 15 is 0 Å². The average Bonchev–Trinajstić information content (AvgIpc) is 2.93. The fraction of sp³-hybridized carbons (Fsp3) is 0.125. The van der Waals surface area contributed by atoms with Gasteiger partial charge in [-0.1, -0.05) is 6.07 Å². The van der Waals surface area contributed by atoms with Gasteiger partial charge in [0.05, 0.1) is 17.5 Å². The number of aromatic amines is 1. The number of nitrogens with zero attached hydrogens (tertiary/aromatic N) is 3. The summed E-state index contributed by atoms with van der Waals surface area (Å²) in [5.41, 5.74) is 1.68. The van der Waals surface area contributed by atoms with Crippen LogP contribution in [0.15, 0.2) is 41.3 Å². The van der Waals surface area contributed by atoms with Gasteiger partial charge in [0.1, 0.15) is 5.82 Å². The lowest BCUT2D eigenvalue weighted by Gasteiger charge is -2.08. The second kappa shape index (κ2) is 6.07. The molecule has 3 aromatic rings. The molecule has 0 fully saturated rings. The predicted molar refractivity (Wildman–Crippen MR) is 85.8 cm³/mol. The first-order chi connectivity index (χ1) is 11.5. The third kappa shape index (κ3) is 2.94. The second-order valence-electron chi connectivity index (χ2n) is 5.25. The van der Waals surface area contributed by atoms with Gasteiger partial charge in [-0.3, -0.25) is 9.59 Å². The lowest BCUT2D eigenvalue weighted by Crippen LogP contribution is -2.15. The van der Waals surface area contributed by atoms with E-state index in [9.17, 15) is 14.0 Å². The number of hydrogen-bond donors (Lipinski definition) is 2. The first kappa shape index (κ1) is 15.6. The predicted octanol–water partition coefficient (Wildman–Crippen LogP) is 1.96. The van der Waals surface area contributed by atoms with Gasteiger partial charge < -0.3 is 5.32 Å². The number of carbonyl (C=O) groups is 1. The van der Waals surface area contributed by atoms with Crippen LogP contribution in [0.1, 0.15) is 21.6 Å². The summed E-state index contributed by atoms with van der Waals surface area (Å²) in [4.78, 5) is 23.5. The van der Waals surface area contributed by atoms with E-state index in [4.69, 9.17) is 0 Å². The van der Waals surface area contributed by atoms with Crippen molar-refractivity contribution in [2.45, 2.75) is 13.8 Å². The van der Waals surface area contributed by atoms with Crippen molar-refractivity contribution in [1.29, 1.82) is 0 Å². The number of benzene rings is 1. The minimum Gasteiger partial charge on any atom is -0.322 e. The molecule has 1 amide bonds. The van der Waals surface area contributed by atoms with Crippen LogP contribution >= 0.6 is 0 Å². The Morgan fingerprint density at radius 2 is 2.04 bits per heavy atom. The molecule has 0 spiro atoms. The van der Waals surface area contributed by atoms with Crippen LogP contribution in [-0.4, -0.2) is 25.9 Å². The van der Waals surface area contributed by atoms with Crippen molar-refractivity contribution in [3.63, 3.8) is 0 Å². The van der Waals surface area contributed by atoms with E-state index in [-0.39, 0.29) is 5.56 Å². The summed E-state index contributed by atoms with van der Waals surface area (Å²) < 4.78 is 14.8. The normalized spacial score (nSPS) is 10.6. The Hall–Kier alpha value is -3.29. The Morgan fingerprint density at radius 3 is 2.75 bits per heavy atom. The van der Waals surface area contributed by atoms with Crippen molar-refractivity contribution in [2.75, 3.05) is 5.32 Å². The van der Waals surface area contributed by atoms with E-state index in [1.165, 1.54) is 35.1 Å². The van der Waals surface area contributed by atoms with Crippen LogP contribution in [0.25, 0.3) is 5.82 Å². The van der Waals surface area contributed by atoms with Gasteiger partial charge in [0, 0.05) is 11.8 Å². The van der Waals surface area contributed by atoms with E-state index in [0.29, 0.717) is 22.8 Å². The van der Waals surface area contributed by atoms with Crippen LogP contribution in [0.5, 0.6) is 0 Å². The van der Waals surface area contributed by atoms with Gasteiger partial charge in [0.25, 0.3) is 11.5 Å². The molecular formula is C16H14FN5O2. The molecule has 0 unspecified atom stereocenters. The SMILES string of the molecule is Cc1ccc(F)cc1NC(=O)c1cnn(-c2ccc(=O)[nH]n2)c1C. The van der Waals surface area contributed by atoms with Gasteiger partial charge in [-0.2, -0.15) is 10.2 Å². The maximum Gasteiger partial charge on any atom is 0.264 e. The van der Waals surface area contributed by atoms with Gasteiger partial charge >= 0.3 is 0 Å². The number of H-pyrrole nitrogens is 1. The van der Waals surface area contributed by atoms with E-state index in [1.54, 1.807) is 19.9 Å². The standard InChI is InChI=1S/C16H14FN5O2/c1-9-3-4-11(17)7-13(9)19-16(24)12-8-18-22(10(12)2)14-5-6-15(23)21-20-14/h3-8H,1-2H3,(H,19,24)(H,21,23). The fourth-order valence-electron chi connectivity index (χ4n) is 2.24. The minimum atomic E-state index is -0.430. The van der Waals surface area contributed by atoms with Crippen LogP contribution in [-0.2, 0) is 0 Å². The molecular weight excluding hydrogens is 313 g/mol. The Morgan fingerprint density at radius 1 is 1.25 bits per heavy atom. The zero-order chi connectivity index (χ0) is 17.3. The van der Waals surface area contributed by atoms with E-state index in [2.05, 4.69) is 20.6 Å². The Labute approximate surface area is 136 Å². The number of anilines is 1. The Kier molecular flexibility index (Phi) is 3.95. The Balaban J connectivity index is 1.90. The summed E-state index contributed by atoms with van der Waals surface area (Å²) in [5.74, 6) is -0.453. The second-order valence-corrected chi connectivity index (χ2v) is 5.25. The van der Waals surface area contributed by atoms with Crippen LogP contribution in [0, 0.1) is 19.7 Å². The van der Waals surface area contributed by atoms with Crippen molar-refractivity contribution in [3.8, 4) is 5.82 Å². The molecule has 2 aromatic heterocycles. The third-order valence-electron chi connectivity index (χ3n) is 3.58. The number of nitrogens with one attached hydrogen (secondary N) is 2. The maximum atomic E-state index is 13.3. The number of carbonyl (C=O) groups excluding carboxylic acids is 1. The van der Waals surface area contributed by atoms with Crippen molar-refractivity contribution in [2.24, 2.45) is 0 Å².